The van der Waals surface area contributed by atoms with Crippen molar-refractivity contribution in [3.05, 3.63) is 11.4 Å². The zero-order chi connectivity index (χ0) is 11.1. The Balaban J connectivity index is 1.89. The quantitative estimate of drug-likeness (QED) is 0.756. The number of nitrogens with zero attached hydrogens (tertiary/aromatic N) is 3. The van der Waals surface area contributed by atoms with Gasteiger partial charge in [-0.05, 0) is 38.5 Å². The number of halogens is 1. The van der Waals surface area contributed by atoms with E-state index < -0.39 is 0 Å². The van der Waals surface area contributed by atoms with Crippen LogP contribution < -0.4 is 0 Å². The molecule has 2 aliphatic rings. The van der Waals surface area contributed by atoms with Crippen LogP contribution in [0.15, 0.2) is 0 Å². The largest absolute Gasteiger partial charge is 0.246 e. The molecule has 1 heterocycles. The number of rotatable bonds is 4. The molecule has 0 aromatic carbocycles. The van der Waals surface area contributed by atoms with E-state index in [0.29, 0.717) is 17.8 Å². The van der Waals surface area contributed by atoms with E-state index >= 15 is 0 Å². The van der Waals surface area contributed by atoms with Crippen molar-refractivity contribution in [3.63, 3.8) is 0 Å². The van der Waals surface area contributed by atoms with Gasteiger partial charge in [0.1, 0.15) is 5.69 Å². The summed E-state index contributed by atoms with van der Waals surface area (Å²) in [5.41, 5.74) is 2.34. The Kier molecular flexibility index (Phi) is 2.66. The minimum Gasteiger partial charge on any atom is -0.246 e. The summed E-state index contributed by atoms with van der Waals surface area (Å²) < 4.78 is 2.17. The zero-order valence-electron chi connectivity index (χ0n) is 9.69. The Hall–Kier alpha value is -0.570. The van der Waals surface area contributed by atoms with Crippen LogP contribution >= 0.6 is 11.6 Å². The fraction of sp³-hybridized carbons (Fsp3) is 0.833. The molecule has 1 aromatic rings. The van der Waals surface area contributed by atoms with Gasteiger partial charge in [-0.15, -0.1) is 16.7 Å². The van der Waals surface area contributed by atoms with E-state index in [4.69, 9.17) is 11.6 Å². The molecule has 2 fully saturated rings. The predicted molar refractivity (Wildman–Crippen MR) is 63.6 cm³/mol. The van der Waals surface area contributed by atoms with Gasteiger partial charge in [-0.1, -0.05) is 11.6 Å². The average Bonchev–Trinajstić information content (AvgIpc) is 2.94. The van der Waals surface area contributed by atoms with Crippen LogP contribution in [0.2, 0.25) is 0 Å². The van der Waals surface area contributed by atoms with Crippen molar-refractivity contribution >= 4 is 11.6 Å². The highest BCUT2D eigenvalue weighted by Crippen LogP contribution is 2.44. The maximum absolute atomic E-state index is 5.93. The third-order valence-corrected chi connectivity index (χ3v) is 4.37. The molecule has 4 heteroatoms. The van der Waals surface area contributed by atoms with E-state index in [1.54, 1.807) is 0 Å². The van der Waals surface area contributed by atoms with E-state index in [9.17, 15) is 0 Å². The van der Waals surface area contributed by atoms with Crippen molar-refractivity contribution in [3.8, 4) is 0 Å². The van der Waals surface area contributed by atoms with Gasteiger partial charge in [0.25, 0.3) is 0 Å². The smallest absolute Gasteiger partial charge is 0.101 e. The minimum atomic E-state index is 0.503. The molecule has 3 nitrogen and oxygen atoms in total. The molecule has 0 amide bonds. The van der Waals surface area contributed by atoms with E-state index in [1.165, 1.54) is 37.8 Å². The molecule has 0 aliphatic heterocycles. The van der Waals surface area contributed by atoms with Crippen molar-refractivity contribution < 1.29 is 0 Å². The average molecular weight is 240 g/mol. The van der Waals surface area contributed by atoms with Crippen molar-refractivity contribution in [1.82, 2.24) is 15.0 Å². The molecule has 1 unspecified atom stereocenters. The van der Waals surface area contributed by atoms with Crippen molar-refractivity contribution in [2.24, 2.45) is 5.92 Å². The molecule has 0 spiro atoms. The highest BCUT2D eigenvalue weighted by atomic mass is 35.5. The number of hydrogen-bond donors (Lipinski definition) is 0. The Morgan fingerprint density at radius 1 is 1.38 bits per heavy atom. The fourth-order valence-corrected chi connectivity index (χ4v) is 2.82. The summed E-state index contributed by atoms with van der Waals surface area (Å²) in [6.45, 7) is 2.28. The van der Waals surface area contributed by atoms with Gasteiger partial charge in [0.15, 0.2) is 0 Å². The monoisotopic (exact) mass is 239 g/mol. The molecule has 1 aromatic heterocycles. The van der Waals surface area contributed by atoms with E-state index in [1.807, 2.05) is 0 Å². The number of aromatic nitrogens is 3. The van der Waals surface area contributed by atoms with Gasteiger partial charge in [0.2, 0.25) is 0 Å². The first kappa shape index (κ1) is 10.6. The molecule has 3 rings (SSSR count). The van der Waals surface area contributed by atoms with Gasteiger partial charge in [0.05, 0.1) is 17.6 Å². The van der Waals surface area contributed by atoms with Crippen LogP contribution in [-0.2, 0) is 5.88 Å². The molecule has 0 bridgehead atoms. The molecular formula is C12H18ClN3. The first-order valence-corrected chi connectivity index (χ1v) is 6.84. The van der Waals surface area contributed by atoms with Crippen LogP contribution in [0.5, 0.6) is 0 Å². The first-order chi connectivity index (χ1) is 7.81. The SMILES string of the molecule is CC(C1CCC1)n1nnc(CCl)c1C1CC1. The van der Waals surface area contributed by atoms with Crippen LogP contribution in [0.25, 0.3) is 0 Å². The lowest BCUT2D eigenvalue weighted by Crippen LogP contribution is -2.25. The van der Waals surface area contributed by atoms with Gasteiger partial charge < -0.3 is 0 Å². The molecule has 1 atom stereocenters. The summed E-state index contributed by atoms with van der Waals surface area (Å²) in [6, 6.07) is 0.508. The highest BCUT2D eigenvalue weighted by molar-refractivity contribution is 6.16. The van der Waals surface area contributed by atoms with Crippen molar-refractivity contribution in [2.75, 3.05) is 0 Å². The predicted octanol–water partition coefficient (Wildman–Crippen LogP) is 3.26. The van der Waals surface area contributed by atoms with Crippen LogP contribution in [-0.4, -0.2) is 15.0 Å². The van der Waals surface area contributed by atoms with Gasteiger partial charge in [-0.25, -0.2) is 4.68 Å². The standard InChI is InChI=1S/C12H18ClN3/c1-8(9-3-2-4-9)16-12(10-5-6-10)11(7-13)14-15-16/h8-10H,2-7H2,1H3. The van der Waals surface area contributed by atoms with Crippen molar-refractivity contribution in [2.45, 2.75) is 56.9 Å². The van der Waals surface area contributed by atoms with E-state index in [0.717, 1.165) is 11.6 Å². The molecule has 88 valence electrons. The van der Waals surface area contributed by atoms with E-state index in [2.05, 4.69) is 21.9 Å². The lowest BCUT2D eigenvalue weighted by Gasteiger charge is -2.32. The Bertz CT molecular complexity index is 380. The van der Waals surface area contributed by atoms with Gasteiger partial charge >= 0.3 is 0 Å². The first-order valence-electron chi connectivity index (χ1n) is 6.31. The fourth-order valence-electron chi connectivity index (χ4n) is 2.63. The van der Waals surface area contributed by atoms with Gasteiger partial charge in [0, 0.05) is 5.92 Å². The number of alkyl halides is 1. The highest BCUT2D eigenvalue weighted by Gasteiger charge is 2.35. The van der Waals surface area contributed by atoms with E-state index in [-0.39, 0.29) is 0 Å². The maximum Gasteiger partial charge on any atom is 0.101 e. The zero-order valence-corrected chi connectivity index (χ0v) is 10.5. The molecule has 0 radical (unpaired) electrons. The molecule has 2 saturated carbocycles. The lowest BCUT2D eigenvalue weighted by molar-refractivity contribution is 0.205. The Morgan fingerprint density at radius 3 is 2.62 bits per heavy atom. The van der Waals surface area contributed by atoms with Gasteiger partial charge in [-0.3, -0.25) is 0 Å². The number of hydrogen-bond acceptors (Lipinski definition) is 2. The molecule has 16 heavy (non-hydrogen) atoms. The Morgan fingerprint density at radius 2 is 2.12 bits per heavy atom. The lowest BCUT2D eigenvalue weighted by atomic mass is 9.80. The molecule has 0 saturated heterocycles. The molecular weight excluding hydrogens is 222 g/mol. The summed E-state index contributed by atoms with van der Waals surface area (Å²) in [5.74, 6) is 2.00. The second-order valence-corrected chi connectivity index (χ2v) is 5.47. The minimum absolute atomic E-state index is 0.503. The van der Waals surface area contributed by atoms with Crippen molar-refractivity contribution in [1.29, 1.82) is 0 Å². The summed E-state index contributed by atoms with van der Waals surface area (Å²) in [7, 11) is 0. The molecule has 0 N–H and O–H groups in total. The third kappa shape index (κ3) is 1.65. The summed E-state index contributed by atoms with van der Waals surface area (Å²) in [4.78, 5) is 0. The summed E-state index contributed by atoms with van der Waals surface area (Å²) in [6.07, 6.45) is 6.65. The second-order valence-electron chi connectivity index (χ2n) is 5.21. The third-order valence-electron chi connectivity index (χ3n) is 4.11. The van der Waals surface area contributed by atoms with Crippen LogP contribution in [0.4, 0.5) is 0 Å². The van der Waals surface area contributed by atoms with Crippen LogP contribution in [0.3, 0.4) is 0 Å². The van der Waals surface area contributed by atoms with Crippen LogP contribution in [0, 0.1) is 5.92 Å². The van der Waals surface area contributed by atoms with Gasteiger partial charge in [-0.2, -0.15) is 0 Å². The van der Waals surface area contributed by atoms with Crippen LogP contribution in [0.1, 0.15) is 62.4 Å². The Labute approximate surface area is 101 Å². The second kappa shape index (κ2) is 4.02. The topological polar surface area (TPSA) is 30.7 Å². The normalized spacial score (nSPS) is 23.1. The summed E-state index contributed by atoms with van der Waals surface area (Å²) >= 11 is 5.93. The summed E-state index contributed by atoms with van der Waals surface area (Å²) in [5, 5.41) is 8.57. The maximum atomic E-state index is 5.93. The molecule has 2 aliphatic carbocycles.